The van der Waals surface area contributed by atoms with Crippen LogP contribution in [0.1, 0.15) is 24.5 Å². The Morgan fingerprint density at radius 1 is 1.19 bits per heavy atom. The molecule has 0 amide bonds. The summed E-state index contributed by atoms with van der Waals surface area (Å²) in [6, 6.07) is 4.02. The van der Waals surface area contributed by atoms with Gasteiger partial charge in [-0.05, 0) is 31.5 Å². The molecule has 2 rings (SSSR count). The normalized spacial score (nSPS) is 23.8. The van der Waals surface area contributed by atoms with Crippen molar-refractivity contribution in [2.45, 2.75) is 25.9 Å². The zero-order chi connectivity index (χ0) is 11.8. The lowest BCUT2D eigenvalue weighted by molar-refractivity contribution is -0.141. The number of aryl methyl sites for hydroxylation is 1. The highest BCUT2D eigenvalue weighted by Crippen LogP contribution is 2.43. The second-order valence-electron chi connectivity index (χ2n) is 4.35. The van der Waals surface area contributed by atoms with Crippen LogP contribution in [0.15, 0.2) is 12.1 Å². The van der Waals surface area contributed by atoms with Crippen molar-refractivity contribution in [2.75, 3.05) is 20.8 Å². The van der Waals surface area contributed by atoms with Gasteiger partial charge in [-0.25, -0.2) is 0 Å². The molecule has 0 spiro atoms. The van der Waals surface area contributed by atoms with Gasteiger partial charge >= 0.3 is 0 Å². The SMILES string of the molecule is COc1cc(C2(C)CCO2)c(OC)cc1C. The molecular weight excluding hydrogens is 204 g/mol. The van der Waals surface area contributed by atoms with Gasteiger partial charge in [0, 0.05) is 12.0 Å². The molecule has 0 radical (unpaired) electrons. The fraction of sp³-hybridized carbons (Fsp3) is 0.538. The van der Waals surface area contributed by atoms with Gasteiger partial charge in [0.1, 0.15) is 11.5 Å². The minimum absolute atomic E-state index is 0.216. The van der Waals surface area contributed by atoms with Crippen LogP contribution < -0.4 is 9.47 Å². The van der Waals surface area contributed by atoms with Gasteiger partial charge < -0.3 is 14.2 Å². The van der Waals surface area contributed by atoms with Crippen LogP contribution >= 0.6 is 0 Å². The van der Waals surface area contributed by atoms with Crippen molar-refractivity contribution < 1.29 is 14.2 Å². The predicted octanol–water partition coefficient (Wildman–Crippen LogP) is 2.65. The fourth-order valence-corrected chi connectivity index (χ4v) is 2.08. The molecule has 1 saturated heterocycles. The highest BCUT2D eigenvalue weighted by atomic mass is 16.5. The standard InChI is InChI=1S/C13H18O3/c1-9-7-12(15-4)10(8-11(9)14-3)13(2)5-6-16-13/h7-8H,5-6H2,1-4H3. The summed E-state index contributed by atoms with van der Waals surface area (Å²) in [5, 5.41) is 0. The highest BCUT2D eigenvalue weighted by molar-refractivity contribution is 5.48. The molecule has 1 aliphatic heterocycles. The summed E-state index contributed by atoms with van der Waals surface area (Å²) >= 11 is 0. The van der Waals surface area contributed by atoms with Crippen molar-refractivity contribution in [3.05, 3.63) is 23.3 Å². The lowest BCUT2D eigenvalue weighted by Gasteiger charge is -2.40. The van der Waals surface area contributed by atoms with Gasteiger partial charge in [-0.3, -0.25) is 0 Å². The van der Waals surface area contributed by atoms with E-state index in [0.29, 0.717) is 0 Å². The maximum atomic E-state index is 5.65. The molecule has 1 unspecified atom stereocenters. The third kappa shape index (κ3) is 1.65. The van der Waals surface area contributed by atoms with Gasteiger partial charge in [0.15, 0.2) is 0 Å². The summed E-state index contributed by atoms with van der Waals surface area (Å²) < 4.78 is 16.4. The molecule has 0 aliphatic carbocycles. The van der Waals surface area contributed by atoms with E-state index in [1.165, 1.54) is 0 Å². The van der Waals surface area contributed by atoms with E-state index in [0.717, 1.165) is 35.7 Å². The van der Waals surface area contributed by atoms with Crippen molar-refractivity contribution in [1.29, 1.82) is 0 Å². The van der Waals surface area contributed by atoms with Gasteiger partial charge in [-0.1, -0.05) is 0 Å². The number of benzene rings is 1. The Morgan fingerprint density at radius 3 is 2.25 bits per heavy atom. The van der Waals surface area contributed by atoms with Crippen molar-refractivity contribution in [3.8, 4) is 11.5 Å². The van der Waals surface area contributed by atoms with Crippen LogP contribution in [0.5, 0.6) is 11.5 Å². The quantitative estimate of drug-likeness (QED) is 0.787. The Morgan fingerprint density at radius 2 is 1.81 bits per heavy atom. The maximum Gasteiger partial charge on any atom is 0.125 e. The molecular formula is C13H18O3. The van der Waals surface area contributed by atoms with E-state index in [1.54, 1.807) is 14.2 Å². The van der Waals surface area contributed by atoms with Crippen LogP contribution in [0.2, 0.25) is 0 Å². The third-order valence-electron chi connectivity index (χ3n) is 3.29. The molecule has 1 heterocycles. The molecule has 16 heavy (non-hydrogen) atoms. The smallest absolute Gasteiger partial charge is 0.125 e. The molecule has 0 N–H and O–H groups in total. The molecule has 1 aromatic carbocycles. The average Bonchev–Trinajstić information content (AvgIpc) is 2.25. The van der Waals surface area contributed by atoms with Crippen LogP contribution in [-0.4, -0.2) is 20.8 Å². The van der Waals surface area contributed by atoms with E-state index in [4.69, 9.17) is 14.2 Å². The van der Waals surface area contributed by atoms with Crippen LogP contribution in [0.25, 0.3) is 0 Å². The molecule has 1 aromatic rings. The Hall–Kier alpha value is -1.22. The summed E-state index contributed by atoms with van der Waals surface area (Å²) in [5.74, 6) is 1.76. The van der Waals surface area contributed by atoms with E-state index in [-0.39, 0.29) is 5.60 Å². The molecule has 0 bridgehead atoms. The molecule has 1 fully saturated rings. The van der Waals surface area contributed by atoms with Crippen molar-refractivity contribution in [3.63, 3.8) is 0 Å². The van der Waals surface area contributed by atoms with E-state index in [1.807, 2.05) is 19.1 Å². The number of methoxy groups -OCH3 is 2. The van der Waals surface area contributed by atoms with Gasteiger partial charge in [-0.2, -0.15) is 0 Å². The summed E-state index contributed by atoms with van der Waals surface area (Å²) in [4.78, 5) is 0. The van der Waals surface area contributed by atoms with E-state index in [9.17, 15) is 0 Å². The first-order valence-electron chi connectivity index (χ1n) is 5.48. The van der Waals surface area contributed by atoms with Gasteiger partial charge in [0.25, 0.3) is 0 Å². The Labute approximate surface area is 96.3 Å². The van der Waals surface area contributed by atoms with Crippen LogP contribution in [0.4, 0.5) is 0 Å². The summed E-state index contributed by atoms with van der Waals surface area (Å²) in [6.45, 7) is 4.91. The van der Waals surface area contributed by atoms with Gasteiger partial charge in [-0.15, -0.1) is 0 Å². The Balaban J connectivity index is 2.49. The largest absolute Gasteiger partial charge is 0.496 e. The Bertz CT molecular complexity index is 394. The first kappa shape index (κ1) is 11.3. The maximum absolute atomic E-state index is 5.65. The molecule has 3 nitrogen and oxygen atoms in total. The monoisotopic (exact) mass is 222 g/mol. The van der Waals surface area contributed by atoms with Gasteiger partial charge in [0.05, 0.1) is 26.4 Å². The average molecular weight is 222 g/mol. The topological polar surface area (TPSA) is 27.7 Å². The molecule has 0 saturated carbocycles. The number of ether oxygens (including phenoxy) is 3. The van der Waals surface area contributed by atoms with Crippen LogP contribution in [0.3, 0.4) is 0 Å². The third-order valence-corrected chi connectivity index (χ3v) is 3.29. The minimum Gasteiger partial charge on any atom is -0.496 e. The second-order valence-corrected chi connectivity index (χ2v) is 4.35. The second kappa shape index (κ2) is 3.98. The van der Waals surface area contributed by atoms with E-state index >= 15 is 0 Å². The zero-order valence-corrected chi connectivity index (χ0v) is 10.3. The van der Waals surface area contributed by atoms with E-state index in [2.05, 4.69) is 6.92 Å². The minimum atomic E-state index is -0.216. The molecule has 1 aliphatic rings. The van der Waals surface area contributed by atoms with Crippen molar-refractivity contribution in [2.24, 2.45) is 0 Å². The number of hydrogen-bond acceptors (Lipinski definition) is 3. The lowest BCUT2D eigenvalue weighted by atomic mass is 9.87. The molecule has 1 atom stereocenters. The summed E-state index contributed by atoms with van der Waals surface area (Å²) in [6.07, 6.45) is 1.02. The van der Waals surface area contributed by atoms with Crippen LogP contribution in [-0.2, 0) is 10.3 Å². The predicted molar refractivity (Wildman–Crippen MR) is 62.2 cm³/mol. The number of hydrogen-bond donors (Lipinski definition) is 0. The Kier molecular flexibility index (Phi) is 2.80. The molecule has 88 valence electrons. The first-order chi connectivity index (χ1) is 7.60. The van der Waals surface area contributed by atoms with E-state index < -0.39 is 0 Å². The fourth-order valence-electron chi connectivity index (χ4n) is 2.08. The first-order valence-corrected chi connectivity index (χ1v) is 5.48. The van der Waals surface area contributed by atoms with Crippen LogP contribution in [0, 0.1) is 6.92 Å². The summed E-state index contributed by atoms with van der Waals surface area (Å²) in [5.41, 5.74) is 1.93. The number of rotatable bonds is 3. The molecule has 0 aromatic heterocycles. The van der Waals surface area contributed by atoms with Crippen molar-refractivity contribution >= 4 is 0 Å². The summed E-state index contributed by atoms with van der Waals surface area (Å²) in [7, 11) is 3.37. The zero-order valence-electron chi connectivity index (χ0n) is 10.3. The van der Waals surface area contributed by atoms with Crippen molar-refractivity contribution in [1.82, 2.24) is 0 Å². The highest BCUT2D eigenvalue weighted by Gasteiger charge is 2.38. The van der Waals surface area contributed by atoms with Gasteiger partial charge in [0.2, 0.25) is 0 Å². The lowest BCUT2D eigenvalue weighted by Crippen LogP contribution is -2.38. The molecule has 3 heteroatoms.